The number of carbonyl (C=O) groups excluding carboxylic acids is 1. The fourth-order valence-electron chi connectivity index (χ4n) is 1.41. The van der Waals surface area contributed by atoms with E-state index in [1.165, 1.54) is 16.8 Å². The molecular formula is C10H6Br2FN3O. The van der Waals surface area contributed by atoms with Crippen LogP contribution in [0.25, 0.3) is 0 Å². The maximum Gasteiger partial charge on any atom is 0.217 e. The maximum absolute atomic E-state index is 13.6. The highest BCUT2D eigenvalue weighted by Crippen LogP contribution is 2.24. The van der Waals surface area contributed by atoms with Crippen molar-refractivity contribution in [1.29, 1.82) is 0 Å². The zero-order chi connectivity index (χ0) is 12.6. The van der Waals surface area contributed by atoms with Gasteiger partial charge < -0.3 is 0 Å². The molecule has 0 amide bonds. The first-order chi connectivity index (χ1) is 8.02. The van der Waals surface area contributed by atoms with Crippen molar-refractivity contribution >= 4 is 37.6 Å². The van der Waals surface area contributed by atoms with Crippen LogP contribution in [0, 0.1) is 5.82 Å². The quantitative estimate of drug-likeness (QED) is 0.772. The number of hydrogen-bond acceptors (Lipinski definition) is 3. The van der Waals surface area contributed by atoms with Gasteiger partial charge in [0.25, 0.3) is 0 Å². The predicted octanol–water partition coefficient (Wildman–Crippen LogP) is 2.71. The van der Waals surface area contributed by atoms with Gasteiger partial charge in [-0.2, -0.15) is 0 Å². The topological polar surface area (TPSA) is 47.8 Å². The van der Waals surface area contributed by atoms with Crippen molar-refractivity contribution in [3.05, 3.63) is 44.3 Å². The number of carbonyl (C=O) groups is 1. The van der Waals surface area contributed by atoms with Gasteiger partial charge in [0.05, 0.1) is 5.56 Å². The molecule has 0 N–H and O–H groups in total. The van der Waals surface area contributed by atoms with Crippen LogP contribution < -0.4 is 0 Å². The van der Waals surface area contributed by atoms with E-state index in [-0.39, 0.29) is 11.3 Å². The van der Waals surface area contributed by atoms with Crippen molar-refractivity contribution in [2.24, 2.45) is 7.05 Å². The minimum Gasteiger partial charge on any atom is -0.287 e. The Morgan fingerprint density at radius 3 is 2.65 bits per heavy atom. The van der Waals surface area contributed by atoms with Gasteiger partial charge in [-0.25, -0.2) is 9.07 Å². The summed E-state index contributed by atoms with van der Waals surface area (Å²) in [6.45, 7) is 0. The fourth-order valence-corrected chi connectivity index (χ4v) is 2.44. The first-order valence-corrected chi connectivity index (χ1v) is 6.15. The number of aromatic nitrogens is 3. The smallest absolute Gasteiger partial charge is 0.217 e. The van der Waals surface area contributed by atoms with Gasteiger partial charge in [-0.05, 0) is 44.0 Å². The van der Waals surface area contributed by atoms with Crippen molar-refractivity contribution in [2.75, 3.05) is 0 Å². The zero-order valence-corrected chi connectivity index (χ0v) is 11.8. The molecule has 0 saturated heterocycles. The second-order valence-corrected chi connectivity index (χ2v) is 4.88. The van der Waals surface area contributed by atoms with E-state index < -0.39 is 11.6 Å². The first-order valence-electron chi connectivity index (χ1n) is 4.56. The highest BCUT2D eigenvalue weighted by Gasteiger charge is 2.23. The Morgan fingerprint density at radius 2 is 2.12 bits per heavy atom. The van der Waals surface area contributed by atoms with Gasteiger partial charge in [0.15, 0.2) is 4.60 Å². The third-order valence-corrected chi connectivity index (χ3v) is 3.39. The number of halogens is 3. The SMILES string of the molecule is Cn1nnc(Br)c1C(=O)c1c(F)cccc1Br. The summed E-state index contributed by atoms with van der Waals surface area (Å²) in [5, 5.41) is 7.38. The fraction of sp³-hybridized carbons (Fsp3) is 0.100. The van der Waals surface area contributed by atoms with E-state index >= 15 is 0 Å². The molecule has 7 heteroatoms. The lowest BCUT2D eigenvalue weighted by Gasteiger charge is -2.05. The Labute approximate surface area is 113 Å². The average molecular weight is 363 g/mol. The molecule has 0 aliphatic heterocycles. The molecular weight excluding hydrogens is 357 g/mol. The van der Waals surface area contributed by atoms with E-state index in [2.05, 4.69) is 42.2 Å². The van der Waals surface area contributed by atoms with Crippen molar-refractivity contribution in [1.82, 2.24) is 15.0 Å². The molecule has 2 aromatic rings. The number of benzene rings is 1. The number of hydrogen-bond donors (Lipinski definition) is 0. The molecule has 0 saturated carbocycles. The molecule has 4 nitrogen and oxygen atoms in total. The van der Waals surface area contributed by atoms with E-state index in [0.717, 1.165) is 0 Å². The van der Waals surface area contributed by atoms with Crippen molar-refractivity contribution in [3.63, 3.8) is 0 Å². The summed E-state index contributed by atoms with van der Waals surface area (Å²) in [7, 11) is 1.57. The Kier molecular flexibility index (Phi) is 3.39. The van der Waals surface area contributed by atoms with Crippen LogP contribution in [0.5, 0.6) is 0 Å². The molecule has 17 heavy (non-hydrogen) atoms. The summed E-state index contributed by atoms with van der Waals surface area (Å²) in [4.78, 5) is 12.2. The molecule has 0 radical (unpaired) electrons. The lowest BCUT2D eigenvalue weighted by molar-refractivity contribution is 0.102. The van der Waals surface area contributed by atoms with E-state index in [1.807, 2.05) is 0 Å². The van der Waals surface area contributed by atoms with E-state index in [4.69, 9.17) is 0 Å². The normalized spacial score (nSPS) is 10.6. The number of aryl methyl sites for hydroxylation is 1. The van der Waals surface area contributed by atoms with Crippen LogP contribution in [0.4, 0.5) is 4.39 Å². The van der Waals surface area contributed by atoms with Gasteiger partial charge in [-0.1, -0.05) is 11.3 Å². The van der Waals surface area contributed by atoms with Gasteiger partial charge in [0.2, 0.25) is 5.78 Å². The molecule has 0 aliphatic rings. The van der Waals surface area contributed by atoms with Crippen LogP contribution in [0.15, 0.2) is 27.3 Å². The van der Waals surface area contributed by atoms with Crippen LogP contribution in [0.1, 0.15) is 16.1 Å². The summed E-state index contributed by atoms with van der Waals surface area (Å²) < 4.78 is 15.6. The van der Waals surface area contributed by atoms with Crippen molar-refractivity contribution in [3.8, 4) is 0 Å². The average Bonchev–Trinajstić information content (AvgIpc) is 2.58. The Morgan fingerprint density at radius 1 is 1.41 bits per heavy atom. The third-order valence-electron chi connectivity index (χ3n) is 2.19. The monoisotopic (exact) mass is 361 g/mol. The number of nitrogens with zero attached hydrogens (tertiary/aromatic N) is 3. The summed E-state index contributed by atoms with van der Waals surface area (Å²) in [5.74, 6) is -1.06. The van der Waals surface area contributed by atoms with Gasteiger partial charge in [0.1, 0.15) is 11.5 Å². The molecule has 1 aromatic carbocycles. The molecule has 1 aromatic heterocycles. The summed E-state index contributed by atoms with van der Waals surface area (Å²) >= 11 is 6.27. The van der Waals surface area contributed by atoms with E-state index in [0.29, 0.717) is 9.08 Å². The van der Waals surface area contributed by atoms with Crippen LogP contribution >= 0.6 is 31.9 Å². The second-order valence-electron chi connectivity index (χ2n) is 3.28. The lowest BCUT2D eigenvalue weighted by atomic mass is 10.1. The highest BCUT2D eigenvalue weighted by molar-refractivity contribution is 9.10. The van der Waals surface area contributed by atoms with Crippen LogP contribution in [-0.4, -0.2) is 20.8 Å². The van der Waals surface area contributed by atoms with Crippen molar-refractivity contribution < 1.29 is 9.18 Å². The van der Waals surface area contributed by atoms with E-state index in [9.17, 15) is 9.18 Å². The Bertz CT molecular complexity index is 557. The minimum atomic E-state index is -0.586. The van der Waals surface area contributed by atoms with Gasteiger partial charge >= 0.3 is 0 Å². The molecule has 0 unspecified atom stereocenters. The molecule has 0 aliphatic carbocycles. The lowest BCUT2D eigenvalue weighted by Crippen LogP contribution is -2.11. The number of rotatable bonds is 2. The second kappa shape index (κ2) is 4.66. The standard InChI is InChI=1S/C10H6Br2FN3O/c1-16-8(10(12)14-15-16)9(17)7-5(11)3-2-4-6(7)13/h2-4H,1H3. The molecule has 0 fully saturated rings. The van der Waals surface area contributed by atoms with E-state index in [1.54, 1.807) is 13.1 Å². The van der Waals surface area contributed by atoms with Crippen molar-refractivity contribution in [2.45, 2.75) is 0 Å². The van der Waals surface area contributed by atoms with Gasteiger partial charge in [0, 0.05) is 11.5 Å². The minimum absolute atomic E-state index is 0.0291. The molecule has 0 atom stereocenters. The Hall–Kier alpha value is -1.08. The highest BCUT2D eigenvalue weighted by atomic mass is 79.9. The third kappa shape index (κ3) is 2.16. The molecule has 2 rings (SSSR count). The largest absolute Gasteiger partial charge is 0.287 e. The van der Waals surface area contributed by atoms with Crippen LogP contribution in [0.2, 0.25) is 0 Å². The molecule has 1 heterocycles. The maximum atomic E-state index is 13.6. The summed E-state index contributed by atoms with van der Waals surface area (Å²) in [5.41, 5.74) is 0.175. The number of ketones is 1. The summed E-state index contributed by atoms with van der Waals surface area (Å²) in [6.07, 6.45) is 0. The predicted molar refractivity (Wildman–Crippen MR) is 66.2 cm³/mol. The molecule has 0 bridgehead atoms. The first kappa shape index (κ1) is 12.4. The van der Waals surface area contributed by atoms with Gasteiger partial charge in [-0.3, -0.25) is 4.79 Å². The zero-order valence-electron chi connectivity index (χ0n) is 8.62. The van der Waals surface area contributed by atoms with Gasteiger partial charge in [-0.15, -0.1) is 5.10 Å². The molecule has 0 spiro atoms. The summed E-state index contributed by atoms with van der Waals surface area (Å²) in [6, 6.07) is 4.36. The van der Waals surface area contributed by atoms with Crippen LogP contribution in [-0.2, 0) is 7.05 Å². The Balaban J connectivity index is 2.59. The molecule has 88 valence electrons. The van der Waals surface area contributed by atoms with Crippen LogP contribution in [0.3, 0.4) is 0 Å².